The number of rotatable bonds is 3. The number of ether oxygens (including phenoxy) is 1. The molecule has 0 bridgehead atoms. The molecule has 17 heavy (non-hydrogen) atoms. The van der Waals surface area contributed by atoms with E-state index in [0.717, 1.165) is 18.4 Å². The molecule has 1 aliphatic rings. The van der Waals surface area contributed by atoms with Crippen LogP contribution in [0.1, 0.15) is 18.4 Å². The Kier molecular flexibility index (Phi) is 4.00. The second-order valence-corrected chi connectivity index (χ2v) is 4.94. The monoisotopic (exact) mass is 260 g/mol. The van der Waals surface area contributed by atoms with Gasteiger partial charge in [-0.15, -0.1) is 11.6 Å². The minimum atomic E-state index is -0.805. The zero-order chi connectivity index (χ0) is 12.3. The van der Waals surface area contributed by atoms with Gasteiger partial charge in [0.1, 0.15) is 0 Å². The molecular formula is C13H15ClF2O. The third-order valence-corrected chi connectivity index (χ3v) is 3.97. The van der Waals surface area contributed by atoms with Crippen molar-refractivity contribution in [1.29, 1.82) is 0 Å². The van der Waals surface area contributed by atoms with Gasteiger partial charge in [0.2, 0.25) is 0 Å². The summed E-state index contributed by atoms with van der Waals surface area (Å²) < 4.78 is 31.3. The molecule has 0 saturated carbocycles. The molecule has 1 nitrogen and oxygen atoms in total. The Morgan fingerprint density at radius 3 is 2.47 bits per heavy atom. The number of hydrogen-bond acceptors (Lipinski definition) is 1. The fourth-order valence-electron chi connectivity index (χ4n) is 2.24. The van der Waals surface area contributed by atoms with Gasteiger partial charge in [-0.1, -0.05) is 6.07 Å². The predicted molar refractivity (Wildman–Crippen MR) is 63.3 cm³/mol. The van der Waals surface area contributed by atoms with Crippen LogP contribution in [0.15, 0.2) is 18.2 Å². The molecular weight excluding hydrogens is 246 g/mol. The van der Waals surface area contributed by atoms with Gasteiger partial charge in [0.05, 0.1) is 0 Å². The van der Waals surface area contributed by atoms with E-state index in [0.29, 0.717) is 25.5 Å². The molecule has 0 N–H and O–H groups in total. The first-order valence-electron chi connectivity index (χ1n) is 5.73. The molecule has 1 saturated heterocycles. The van der Waals surface area contributed by atoms with Crippen molar-refractivity contribution < 1.29 is 13.5 Å². The first-order chi connectivity index (χ1) is 8.15. The van der Waals surface area contributed by atoms with Crippen LogP contribution in [0.2, 0.25) is 0 Å². The zero-order valence-electron chi connectivity index (χ0n) is 9.52. The van der Waals surface area contributed by atoms with E-state index >= 15 is 0 Å². The lowest BCUT2D eigenvalue weighted by Gasteiger charge is -2.35. The van der Waals surface area contributed by atoms with Crippen molar-refractivity contribution in [2.45, 2.75) is 19.3 Å². The standard InChI is InChI=1S/C13H15ClF2O/c14-9-13(3-5-17-6-4-13)8-10-1-2-11(15)12(16)7-10/h1-2,7H,3-6,8-9H2. The maximum absolute atomic E-state index is 13.1. The van der Waals surface area contributed by atoms with Crippen molar-refractivity contribution in [2.75, 3.05) is 19.1 Å². The smallest absolute Gasteiger partial charge is 0.159 e. The van der Waals surface area contributed by atoms with Gasteiger partial charge < -0.3 is 4.74 Å². The molecule has 2 rings (SSSR count). The minimum absolute atomic E-state index is 0.0376. The van der Waals surface area contributed by atoms with Crippen LogP contribution in [0.25, 0.3) is 0 Å². The lowest BCUT2D eigenvalue weighted by molar-refractivity contribution is 0.0257. The van der Waals surface area contributed by atoms with Crippen molar-refractivity contribution in [2.24, 2.45) is 5.41 Å². The van der Waals surface area contributed by atoms with Gasteiger partial charge >= 0.3 is 0 Å². The Morgan fingerprint density at radius 1 is 1.18 bits per heavy atom. The van der Waals surface area contributed by atoms with E-state index in [1.165, 1.54) is 12.1 Å². The van der Waals surface area contributed by atoms with Crippen molar-refractivity contribution >= 4 is 11.6 Å². The highest BCUT2D eigenvalue weighted by molar-refractivity contribution is 6.18. The number of benzene rings is 1. The van der Waals surface area contributed by atoms with Gasteiger partial charge in [0.15, 0.2) is 11.6 Å². The predicted octanol–water partition coefficient (Wildman–Crippen LogP) is 3.54. The topological polar surface area (TPSA) is 9.23 Å². The van der Waals surface area contributed by atoms with Gasteiger partial charge in [-0.05, 0) is 42.4 Å². The molecule has 1 aromatic carbocycles. The van der Waals surface area contributed by atoms with Gasteiger partial charge in [-0.2, -0.15) is 0 Å². The molecule has 4 heteroatoms. The second kappa shape index (κ2) is 5.32. The van der Waals surface area contributed by atoms with Crippen LogP contribution in [-0.4, -0.2) is 19.1 Å². The van der Waals surface area contributed by atoms with Crippen LogP contribution in [0, 0.1) is 17.0 Å². The molecule has 0 amide bonds. The Morgan fingerprint density at radius 2 is 1.88 bits per heavy atom. The molecule has 0 atom stereocenters. The average Bonchev–Trinajstić information content (AvgIpc) is 2.35. The number of halogens is 3. The van der Waals surface area contributed by atoms with E-state index in [4.69, 9.17) is 16.3 Å². The van der Waals surface area contributed by atoms with Crippen LogP contribution < -0.4 is 0 Å². The zero-order valence-corrected chi connectivity index (χ0v) is 10.3. The molecule has 0 aromatic heterocycles. The lowest BCUT2D eigenvalue weighted by atomic mass is 9.77. The van der Waals surface area contributed by atoms with E-state index in [9.17, 15) is 8.78 Å². The fraction of sp³-hybridized carbons (Fsp3) is 0.538. The Bertz CT molecular complexity index is 389. The highest BCUT2D eigenvalue weighted by Gasteiger charge is 2.32. The van der Waals surface area contributed by atoms with Crippen LogP contribution >= 0.6 is 11.6 Å². The van der Waals surface area contributed by atoms with Gasteiger partial charge in [-0.3, -0.25) is 0 Å². The summed E-state index contributed by atoms with van der Waals surface area (Å²) in [7, 11) is 0. The largest absolute Gasteiger partial charge is 0.381 e. The maximum atomic E-state index is 13.1. The molecule has 0 aliphatic carbocycles. The lowest BCUT2D eigenvalue weighted by Crippen LogP contribution is -2.33. The molecule has 1 aromatic rings. The first kappa shape index (κ1) is 12.8. The summed E-state index contributed by atoms with van der Waals surface area (Å²) in [6.45, 7) is 1.38. The van der Waals surface area contributed by atoms with E-state index in [2.05, 4.69) is 0 Å². The van der Waals surface area contributed by atoms with Crippen LogP contribution in [0.5, 0.6) is 0 Å². The van der Waals surface area contributed by atoms with Gasteiger partial charge in [0.25, 0.3) is 0 Å². The summed E-state index contributed by atoms with van der Waals surface area (Å²) in [6.07, 6.45) is 2.42. The third kappa shape index (κ3) is 2.96. The van der Waals surface area contributed by atoms with Crippen LogP contribution in [0.3, 0.4) is 0 Å². The van der Waals surface area contributed by atoms with Crippen molar-refractivity contribution in [3.63, 3.8) is 0 Å². The Balaban J connectivity index is 2.14. The number of hydrogen-bond donors (Lipinski definition) is 0. The Hall–Kier alpha value is -0.670. The van der Waals surface area contributed by atoms with Crippen molar-refractivity contribution in [3.8, 4) is 0 Å². The second-order valence-electron chi connectivity index (χ2n) is 4.67. The molecule has 1 heterocycles. The molecule has 94 valence electrons. The van der Waals surface area contributed by atoms with Crippen molar-refractivity contribution in [3.05, 3.63) is 35.4 Å². The molecule has 0 spiro atoms. The van der Waals surface area contributed by atoms with E-state index in [1.54, 1.807) is 6.07 Å². The summed E-state index contributed by atoms with van der Waals surface area (Å²) in [4.78, 5) is 0. The highest BCUT2D eigenvalue weighted by Crippen LogP contribution is 2.35. The van der Waals surface area contributed by atoms with Crippen LogP contribution in [0.4, 0.5) is 8.78 Å². The third-order valence-electron chi connectivity index (χ3n) is 3.40. The van der Waals surface area contributed by atoms with Gasteiger partial charge in [0, 0.05) is 19.1 Å². The summed E-state index contributed by atoms with van der Waals surface area (Å²) >= 11 is 6.03. The van der Waals surface area contributed by atoms with E-state index < -0.39 is 11.6 Å². The van der Waals surface area contributed by atoms with Crippen molar-refractivity contribution in [1.82, 2.24) is 0 Å². The van der Waals surface area contributed by atoms with Crippen LogP contribution in [-0.2, 0) is 11.2 Å². The van der Waals surface area contributed by atoms with E-state index in [-0.39, 0.29) is 5.41 Å². The minimum Gasteiger partial charge on any atom is -0.381 e. The summed E-state index contributed by atoms with van der Waals surface area (Å²) in [5.41, 5.74) is 0.760. The summed E-state index contributed by atoms with van der Waals surface area (Å²) in [5, 5.41) is 0. The normalized spacial score (nSPS) is 19.2. The molecule has 1 aliphatic heterocycles. The SMILES string of the molecule is Fc1ccc(CC2(CCl)CCOCC2)cc1F. The molecule has 1 fully saturated rings. The molecule has 0 radical (unpaired) electrons. The quantitative estimate of drug-likeness (QED) is 0.756. The maximum Gasteiger partial charge on any atom is 0.159 e. The summed E-state index contributed by atoms with van der Waals surface area (Å²) in [5.74, 6) is -1.07. The van der Waals surface area contributed by atoms with Gasteiger partial charge in [-0.25, -0.2) is 8.78 Å². The summed E-state index contributed by atoms with van der Waals surface area (Å²) in [6, 6.07) is 4.06. The molecule has 0 unspecified atom stereocenters. The average molecular weight is 261 g/mol. The first-order valence-corrected chi connectivity index (χ1v) is 6.26. The fourth-order valence-corrected chi connectivity index (χ4v) is 2.61. The number of alkyl halides is 1. The Labute approximate surface area is 105 Å². The van der Waals surface area contributed by atoms with E-state index in [1.807, 2.05) is 0 Å². The highest BCUT2D eigenvalue weighted by atomic mass is 35.5.